The Bertz CT molecular complexity index is 1840. The Hall–Kier alpha value is -4.77. The molecule has 1 N–H and O–H groups in total. The Morgan fingerprint density at radius 2 is 1.19 bits per heavy atom. The topological polar surface area (TPSA) is 152 Å². The van der Waals surface area contributed by atoms with Crippen LogP contribution in [0.15, 0.2) is 35.4 Å². The number of benzene rings is 2. The lowest BCUT2D eigenvalue weighted by Gasteiger charge is -2.41. The summed E-state index contributed by atoms with van der Waals surface area (Å²) in [7, 11) is 0. The van der Waals surface area contributed by atoms with Crippen molar-refractivity contribution >= 4 is 29.8 Å². The molecule has 2 aliphatic carbocycles. The number of esters is 5. The van der Waals surface area contributed by atoms with Crippen molar-refractivity contribution in [2.75, 3.05) is 0 Å². The molecule has 286 valence electrons. The van der Waals surface area contributed by atoms with Gasteiger partial charge in [-0.1, -0.05) is 43.5 Å². The van der Waals surface area contributed by atoms with Crippen LogP contribution in [0.5, 0.6) is 11.5 Å². The van der Waals surface area contributed by atoms with Crippen LogP contribution in [0.2, 0.25) is 0 Å². The Morgan fingerprint density at radius 1 is 0.698 bits per heavy atom. The molecule has 0 saturated heterocycles. The van der Waals surface area contributed by atoms with Crippen molar-refractivity contribution in [1.29, 1.82) is 0 Å². The first kappa shape index (κ1) is 41.0. The van der Waals surface area contributed by atoms with E-state index in [1.54, 1.807) is 13.8 Å². The zero-order valence-electron chi connectivity index (χ0n) is 32.4. The van der Waals surface area contributed by atoms with Crippen LogP contribution in [0.1, 0.15) is 111 Å². The summed E-state index contributed by atoms with van der Waals surface area (Å²) in [6, 6.07) is 3.75. The molecular formula is C42H52O11. The van der Waals surface area contributed by atoms with E-state index in [1.165, 1.54) is 34.6 Å². The fraction of sp³-hybridized carbons (Fsp3) is 0.500. The molecule has 0 radical (unpaired) electrons. The molecule has 0 heterocycles. The Kier molecular flexibility index (Phi) is 13.4. The van der Waals surface area contributed by atoms with E-state index in [0.29, 0.717) is 50.5 Å². The molecule has 2 unspecified atom stereocenters. The van der Waals surface area contributed by atoms with Crippen molar-refractivity contribution in [3.63, 3.8) is 0 Å². The van der Waals surface area contributed by atoms with Gasteiger partial charge >= 0.3 is 29.8 Å². The molecule has 11 nitrogen and oxygen atoms in total. The predicted molar refractivity (Wildman–Crippen MR) is 196 cm³/mol. The van der Waals surface area contributed by atoms with Crippen molar-refractivity contribution in [1.82, 2.24) is 0 Å². The van der Waals surface area contributed by atoms with E-state index in [2.05, 4.69) is 0 Å². The van der Waals surface area contributed by atoms with Crippen LogP contribution in [-0.4, -0.2) is 40.7 Å². The van der Waals surface area contributed by atoms with Gasteiger partial charge in [-0.2, -0.15) is 0 Å². The number of ether oxygens (including phenoxy) is 5. The highest BCUT2D eigenvalue weighted by Gasteiger charge is 2.46. The number of aliphatic hydroxyl groups is 1. The Balaban J connectivity index is 1.89. The summed E-state index contributed by atoms with van der Waals surface area (Å²) in [5, 5.41) is 12.7. The van der Waals surface area contributed by atoms with Gasteiger partial charge in [-0.05, 0) is 91.8 Å². The van der Waals surface area contributed by atoms with Crippen molar-refractivity contribution < 1.29 is 52.8 Å². The average Bonchev–Trinajstić information content (AvgIpc) is 3.06. The third-order valence-electron chi connectivity index (χ3n) is 10.1. The molecule has 2 atom stereocenters. The minimum absolute atomic E-state index is 0.122. The van der Waals surface area contributed by atoms with Gasteiger partial charge in [0.1, 0.15) is 24.7 Å². The van der Waals surface area contributed by atoms with Gasteiger partial charge in [0.2, 0.25) is 5.79 Å². The lowest BCUT2D eigenvalue weighted by Crippen LogP contribution is -2.47. The molecule has 0 bridgehead atoms. The Morgan fingerprint density at radius 3 is 1.66 bits per heavy atom. The maximum absolute atomic E-state index is 12.8. The number of rotatable bonds is 12. The van der Waals surface area contributed by atoms with Gasteiger partial charge in [0.25, 0.3) is 0 Å². The standard InChI is InChI=1S/C42H52O11/c1-23-15-33(25(3)38(21-49-27(5)43)40(23)51-29(7)45)17-36-19-35(32-13-11-10-12-14-32)20-37(42(36,48)53-31(9)47)18-34-16-24(2)41(52-30(8)46)39(26(34)4)22-50-28(6)44/h15-16,19-20,32,36,48H,10-14,17-18,21-22H2,1-9H3. The van der Waals surface area contributed by atoms with Gasteiger partial charge in [-0.25, -0.2) is 0 Å². The second kappa shape index (κ2) is 17.4. The van der Waals surface area contributed by atoms with Crippen molar-refractivity contribution in [2.45, 2.75) is 126 Å². The summed E-state index contributed by atoms with van der Waals surface area (Å²) < 4.78 is 27.8. The zero-order valence-corrected chi connectivity index (χ0v) is 32.4. The lowest BCUT2D eigenvalue weighted by atomic mass is 9.72. The van der Waals surface area contributed by atoms with Crippen molar-refractivity contribution in [2.24, 2.45) is 11.8 Å². The first-order valence-electron chi connectivity index (χ1n) is 18.1. The number of allylic oxidation sites excluding steroid dienone is 2. The minimum atomic E-state index is -2.07. The zero-order chi connectivity index (χ0) is 39.2. The number of hydrogen-bond donors (Lipinski definition) is 1. The fourth-order valence-electron chi connectivity index (χ4n) is 7.54. The quantitative estimate of drug-likeness (QED) is 0.104. The summed E-state index contributed by atoms with van der Waals surface area (Å²) >= 11 is 0. The van der Waals surface area contributed by atoms with Crippen molar-refractivity contribution in [3.05, 3.63) is 79.9 Å². The SMILES string of the molecule is CC(=O)OCc1c(C)c(CC2=CC(C3CCCCC3)=CC(Cc3cc(C)c(OC(C)=O)c(COC(C)=O)c3C)C2(O)OC(C)=O)cc(C)c1OC(C)=O. The van der Waals surface area contributed by atoms with Crippen LogP contribution in [-0.2, 0) is 64.2 Å². The molecule has 0 spiro atoms. The second-order valence-electron chi connectivity index (χ2n) is 14.3. The van der Waals surface area contributed by atoms with Crippen molar-refractivity contribution in [3.8, 4) is 11.5 Å². The number of aryl methyl sites for hydroxylation is 2. The van der Waals surface area contributed by atoms with Gasteiger partial charge in [0.15, 0.2) is 0 Å². The molecule has 2 aromatic carbocycles. The molecule has 11 heteroatoms. The summed E-state index contributed by atoms with van der Waals surface area (Å²) in [6.45, 7) is 13.5. The van der Waals surface area contributed by atoms with E-state index in [4.69, 9.17) is 23.7 Å². The van der Waals surface area contributed by atoms with Gasteiger partial charge in [0, 0.05) is 57.7 Å². The van der Waals surface area contributed by atoms with E-state index >= 15 is 0 Å². The third-order valence-corrected chi connectivity index (χ3v) is 10.1. The van der Waals surface area contributed by atoms with Crippen LogP contribution in [0.3, 0.4) is 0 Å². The number of carbonyl (C=O) groups excluding carboxylic acids is 5. The first-order valence-corrected chi connectivity index (χ1v) is 18.1. The third kappa shape index (κ3) is 10.0. The van der Waals surface area contributed by atoms with E-state index in [1.807, 2.05) is 38.1 Å². The molecule has 2 aliphatic rings. The number of hydrogen-bond acceptors (Lipinski definition) is 11. The molecule has 0 aliphatic heterocycles. The monoisotopic (exact) mass is 732 g/mol. The molecule has 53 heavy (non-hydrogen) atoms. The largest absolute Gasteiger partial charge is 0.461 e. The van der Waals surface area contributed by atoms with Gasteiger partial charge in [-0.3, -0.25) is 24.0 Å². The Labute approximate surface area is 311 Å². The highest BCUT2D eigenvalue weighted by atomic mass is 16.7. The van der Waals surface area contributed by atoms with Crippen LogP contribution < -0.4 is 9.47 Å². The van der Waals surface area contributed by atoms with Crippen LogP contribution in [0, 0.1) is 39.5 Å². The molecule has 1 saturated carbocycles. The summed E-state index contributed by atoms with van der Waals surface area (Å²) in [5.41, 5.74) is 6.83. The highest BCUT2D eigenvalue weighted by Crippen LogP contribution is 2.45. The maximum atomic E-state index is 12.8. The van der Waals surface area contributed by atoms with Crippen LogP contribution in [0.4, 0.5) is 0 Å². The van der Waals surface area contributed by atoms with Gasteiger partial charge in [0.05, 0.1) is 5.92 Å². The van der Waals surface area contributed by atoms with E-state index in [9.17, 15) is 29.1 Å². The van der Waals surface area contributed by atoms with E-state index in [-0.39, 0.29) is 32.0 Å². The summed E-state index contributed by atoms with van der Waals surface area (Å²) in [5.74, 6) is -4.63. The molecule has 1 fully saturated rings. The lowest BCUT2D eigenvalue weighted by molar-refractivity contribution is -0.206. The van der Waals surface area contributed by atoms with E-state index in [0.717, 1.165) is 48.8 Å². The molecular weight excluding hydrogens is 680 g/mol. The second-order valence-corrected chi connectivity index (χ2v) is 14.3. The molecule has 0 aromatic heterocycles. The molecule has 0 amide bonds. The van der Waals surface area contributed by atoms with Gasteiger partial charge < -0.3 is 28.8 Å². The summed E-state index contributed by atoms with van der Waals surface area (Å²) in [6.07, 6.45) is 9.67. The molecule has 2 aromatic rings. The van der Waals surface area contributed by atoms with Crippen LogP contribution >= 0.6 is 0 Å². The predicted octanol–water partition coefficient (Wildman–Crippen LogP) is 7.00. The molecule has 4 rings (SSSR count). The average molecular weight is 733 g/mol. The van der Waals surface area contributed by atoms with E-state index < -0.39 is 41.6 Å². The fourth-order valence-corrected chi connectivity index (χ4v) is 7.54. The highest BCUT2D eigenvalue weighted by molar-refractivity contribution is 5.72. The maximum Gasteiger partial charge on any atom is 0.308 e. The smallest absolute Gasteiger partial charge is 0.308 e. The minimum Gasteiger partial charge on any atom is -0.461 e. The van der Waals surface area contributed by atoms with Crippen LogP contribution in [0.25, 0.3) is 0 Å². The number of carbonyl (C=O) groups is 5. The van der Waals surface area contributed by atoms with Gasteiger partial charge in [-0.15, -0.1) is 0 Å². The summed E-state index contributed by atoms with van der Waals surface area (Å²) in [4.78, 5) is 60.6. The first-order chi connectivity index (χ1) is 24.9. The normalized spacial score (nSPS) is 18.7.